The third kappa shape index (κ3) is 4.87. The summed E-state index contributed by atoms with van der Waals surface area (Å²) in [6.45, 7) is 3.24. The summed E-state index contributed by atoms with van der Waals surface area (Å²) >= 11 is 4.71. The standard InChI is InChI=1S/C13H16BrNO3S/c1-3-13(2,12(17)18)15-11(16)8-19-10-6-4-9(14)5-7-10/h4-7H,3,8H2,1-2H3,(H,15,16)(H,17,18). The molecule has 0 aliphatic rings. The molecule has 0 spiro atoms. The number of aliphatic carboxylic acids is 1. The summed E-state index contributed by atoms with van der Waals surface area (Å²) in [5.74, 6) is -1.10. The molecule has 104 valence electrons. The number of rotatable bonds is 6. The molecular weight excluding hydrogens is 330 g/mol. The van der Waals surface area contributed by atoms with Gasteiger partial charge in [0.2, 0.25) is 5.91 Å². The molecule has 1 amide bonds. The van der Waals surface area contributed by atoms with Gasteiger partial charge in [-0.25, -0.2) is 4.79 Å². The summed E-state index contributed by atoms with van der Waals surface area (Å²) in [6, 6.07) is 7.60. The van der Waals surface area contributed by atoms with Gasteiger partial charge in [0.1, 0.15) is 5.54 Å². The molecule has 0 bridgehead atoms. The Bertz CT molecular complexity index is 463. The highest BCUT2D eigenvalue weighted by atomic mass is 79.9. The average molecular weight is 346 g/mol. The monoisotopic (exact) mass is 345 g/mol. The number of carboxylic acid groups (broad SMARTS) is 1. The summed E-state index contributed by atoms with van der Waals surface area (Å²) in [4.78, 5) is 23.8. The highest BCUT2D eigenvalue weighted by Gasteiger charge is 2.32. The van der Waals surface area contributed by atoms with Crippen molar-refractivity contribution < 1.29 is 14.7 Å². The second-order valence-electron chi connectivity index (χ2n) is 4.28. The van der Waals surface area contributed by atoms with Gasteiger partial charge in [0, 0.05) is 9.37 Å². The van der Waals surface area contributed by atoms with Gasteiger partial charge in [-0.15, -0.1) is 11.8 Å². The first kappa shape index (κ1) is 16.0. The van der Waals surface area contributed by atoms with Crippen molar-refractivity contribution in [3.8, 4) is 0 Å². The van der Waals surface area contributed by atoms with Gasteiger partial charge in [-0.3, -0.25) is 4.79 Å². The third-order valence-electron chi connectivity index (χ3n) is 2.78. The summed E-state index contributed by atoms with van der Waals surface area (Å²) < 4.78 is 0.978. The molecule has 4 nitrogen and oxygen atoms in total. The van der Waals surface area contributed by atoms with Crippen molar-refractivity contribution >= 4 is 39.6 Å². The molecule has 1 aromatic rings. The van der Waals surface area contributed by atoms with Crippen LogP contribution in [0.1, 0.15) is 20.3 Å². The number of hydrogen-bond donors (Lipinski definition) is 2. The molecule has 0 aliphatic carbocycles. The lowest BCUT2D eigenvalue weighted by molar-refractivity contribution is -0.146. The number of halogens is 1. The van der Waals surface area contributed by atoms with Crippen LogP contribution in [-0.2, 0) is 9.59 Å². The molecule has 19 heavy (non-hydrogen) atoms. The number of hydrogen-bond acceptors (Lipinski definition) is 3. The molecule has 0 saturated carbocycles. The fraction of sp³-hybridized carbons (Fsp3) is 0.385. The lowest BCUT2D eigenvalue weighted by Gasteiger charge is -2.24. The maximum absolute atomic E-state index is 11.8. The van der Waals surface area contributed by atoms with E-state index in [0.29, 0.717) is 6.42 Å². The first-order valence-corrected chi connectivity index (χ1v) is 7.58. The Labute approximate surface area is 125 Å². The van der Waals surface area contributed by atoms with Crippen molar-refractivity contribution in [2.75, 3.05) is 5.75 Å². The van der Waals surface area contributed by atoms with Crippen molar-refractivity contribution in [3.63, 3.8) is 0 Å². The summed E-state index contributed by atoms with van der Waals surface area (Å²) in [6.07, 6.45) is 0.344. The van der Waals surface area contributed by atoms with Gasteiger partial charge in [0.25, 0.3) is 0 Å². The molecule has 0 aliphatic heterocycles. The van der Waals surface area contributed by atoms with E-state index in [-0.39, 0.29) is 11.7 Å². The van der Waals surface area contributed by atoms with Crippen molar-refractivity contribution in [1.82, 2.24) is 5.32 Å². The molecule has 0 radical (unpaired) electrons. The van der Waals surface area contributed by atoms with Crippen LogP contribution in [0, 0.1) is 0 Å². The zero-order chi connectivity index (χ0) is 14.5. The van der Waals surface area contributed by atoms with Crippen molar-refractivity contribution in [3.05, 3.63) is 28.7 Å². The van der Waals surface area contributed by atoms with E-state index in [4.69, 9.17) is 5.11 Å². The quantitative estimate of drug-likeness (QED) is 0.778. The maximum atomic E-state index is 11.8. The lowest BCUT2D eigenvalue weighted by atomic mass is 9.99. The Morgan fingerprint density at radius 1 is 1.37 bits per heavy atom. The van der Waals surface area contributed by atoms with Crippen molar-refractivity contribution in [2.24, 2.45) is 0 Å². The van der Waals surface area contributed by atoms with E-state index < -0.39 is 11.5 Å². The van der Waals surface area contributed by atoms with Crippen LogP contribution >= 0.6 is 27.7 Å². The number of amides is 1. The van der Waals surface area contributed by atoms with Crippen LogP contribution in [0.2, 0.25) is 0 Å². The predicted molar refractivity (Wildman–Crippen MR) is 79.3 cm³/mol. The van der Waals surface area contributed by atoms with Gasteiger partial charge in [-0.05, 0) is 37.6 Å². The molecular formula is C13H16BrNO3S. The van der Waals surface area contributed by atoms with Crippen molar-refractivity contribution in [1.29, 1.82) is 0 Å². The molecule has 0 saturated heterocycles. The minimum absolute atomic E-state index is 0.199. The third-order valence-corrected chi connectivity index (χ3v) is 4.32. The van der Waals surface area contributed by atoms with E-state index in [2.05, 4.69) is 21.2 Å². The molecule has 1 aromatic carbocycles. The molecule has 1 rings (SSSR count). The van der Waals surface area contributed by atoms with E-state index in [1.807, 2.05) is 24.3 Å². The van der Waals surface area contributed by atoms with E-state index in [0.717, 1.165) is 9.37 Å². The fourth-order valence-electron chi connectivity index (χ4n) is 1.32. The molecule has 6 heteroatoms. The van der Waals surface area contributed by atoms with Gasteiger partial charge in [-0.2, -0.15) is 0 Å². The lowest BCUT2D eigenvalue weighted by Crippen LogP contribution is -2.52. The number of nitrogens with one attached hydrogen (secondary N) is 1. The Morgan fingerprint density at radius 3 is 2.42 bits per heavy atom. The highest BCUT2D eigenvalue weighted by molar-refractivity contribution is 9.10. The van der Waals surface area contributed by atoms with Gasteiger partial charge in [0.05, 0.1) is 5.75 Å². The normalized spacial score (nSPS) is 13.6. The molecule has 2 N–H and O–H groups in total. The molecule has 0 aromatic heterocycles. The number of benzene rings is 1. The van der Waals surface area contributed by atoms with Crippen LogP contribution in [0.4, 0.5) is 0 Å². The predicted octanol–water partition coefficient (Wildman–Crippen LogP) is 2.91. The molecule has 1 atom stereocenters. The first-order chi connectivity index (χ1) is 8.87. The van der Waals surface area contributed by atoms with Crippen molar-refractivity contribution in [2.45, 2.75) is 30.7 Å². The van der Waals surface area contributed by atoms with Crippen LogP contribution in [0.3, 0.4) is 0 Å². The minimum Gasteiger partial charge on any atom is -0.480 e. The van der Waals surface area contributed by atoms with E-state index in [9.17, 15) is 9.59 Å². The van der Waals surface area contributed by atoms with Crippen LogP contribution in [-0.4, -0.2) is 28.3 Å². The molecule has 0 fully saturated rings. The second-order valence-corrected chi connectivity index (χ2v) is 6.25. The van der Waals surface area contributed by atoms with Gasteiger partial charge >= 0.3 is 5.97 Å². The van der Waals surface area contributed by atoms with E-state index in [1.165, 1.54) is 18.7 Å². The van der Waals surface area contributed by atoms with E-state index in [1.54, 1.807) is 6.92 Å². The Kier molecular flexibility index (Phi) is 5.87. The first-order valence-electron chi connectivity index (χ1n) is 5.80. The maximum Gasteiger partial charge on any atom is 0.329 e. The van der Waals surface area contributed by atoms with Gasteiger partial charge in [-0.1, -0.05) is 22.9 Å². The number of thioether (sulfide) groups is 1. The fourth-order valence-corrected chi connectivity index (χ4v) is 2.28. The summed E-state index contributed by atoms with van der Waals surface area (Å²) in [5, 5.41) is 11.6. The topological polar surface area (TPSA) is 66.4 Å². The molecule has 0 heterocycles. The smallest absolute Gasteiger partial charge is 0.329 e. The minimum atomic E-state index is -1.20. The van der Waals surface area contributed by atoms with Crippen LogP contribution < -0.4 is 5.32 Å². The zero-order valence-corrected chi connectivity index (χ0v) is 13.2. The number of carbonyl (C=O) groups is 2. The number of carboxylic acids is 1. The summed E-state index contributed by atoms with van der Waals surface area (Å²) in [5.41, 5.74) is -1.20. The average Bonchev–Trinajstić information content (AvgIpc) is 2.37. The van der Waals surface area contributed by atoms with E-state index >= 15 is 0 Å². The zero-order valence-electron chi connectivity index (χ0n) is 10.8. The molecule has 1 unspecified atom stereocenters. The number of carbonyl (C=O) groups excluding carboxylic acids is 1. The van der Waals surface area contributed by atoms with Crippen LogP contribution in [0.5, 0.6) is 0 Å². The van der Waals surface area contributed by atoms with Crippen LogP contribution in [0.15, 0.2) is 33.6 Å². The van der Waals surface area contributed by atoms with Crippen LogP contribution in [0.25, 0.3) is 0 Å². The summed E-state index contributed by atoms with van der Waals surface area (Å²) in [7, 11) is 0. The Balaban J connectivity index is 2.52. The van der Waals surface area contributed by atoms with Gasteiger partial charge in [0.15, 0.2) is 0 Å². The van der Waals surface area contributed by atoms with Gasteiger partial charge < -0.3 is 10.4 Å². The SMILES string of the molecule is CCC(C)(NC(=O)CSc1ccc(Br)cc1)C(=O)O. The second kappa shape index (κ2) is 6.96. The Hall–Kier alpha value is -1.01. The largest absolute Gasteiger partial charge is 0.480 e. The Morgan fingerprint density at radius 2 is 1.95 bits per heavy atom. The highest BCUT2D eigenvalue weighted by Crippen LogP contribution is 2.20.